The number of methoxy groups -OCH3 is 1. The molecule has 2 N–H and O–H groups in total. The molecular formula is C26H28ClN3O6. The summed E-state index contributed by atoms with van der Waals surface area (Å²) < 4.78 is 10.7. The molecular weight excluding hydrogens is 486 g/mol. The van der Waals surface area contributed by atoms with E-state index in [-0.39, 0.29) is 30.4 Å². The summed E-state index contributed by atoms with van der Waals surface area (Å²) in [5, 5.41) is 5.98. The van der Waals surface area contributed by atoms with Crippen molar-refractivity contribution in [1.29, 1.82) is 0 Å². The summed E-state index contributed by atoms with van der Waals surface area (Å²) in [6.45, 7) is 3.14. The highest BCUT2D eigenvalue weighted by atomic mass is 35.5. The Morgan fingerprint density at radius 2 is 1.97 bits per heavy atom. The van der Waals surface area contributed by atoms with E-state index in [4.69, 9.17) is 21.1 Å². The molecule has 1 saturated carbocycles. The van der Waals surface area contributed by atoms with Gasteiger partial charge >= 0.3 is 6.03 Å². The zero-order chi connectivity index (χ0) is 25.8. The average molecular weight is 514 g/mol. The normalized spacial score (nSPS) is 17.2. The van der Waals surface area contributed by atoms with Crippen LogP contribution in [0.25, 0.3) is 0 Å². The number of hydrogen-bond donors (Lipinski definition) is 2. The average Bonchev–Trinajstić information content (AvgIpc) is 3.16. The summed E-state index contributed by atoms with van der Waals surface area (Å²) in [4.78, 5) is 50.9. The van der Waals surface area contributed by atoms with Crippen molar-refractivity contribution in [3.8, 4) is 5.75 Å². The van der Waals surface area contributed by atoms with E-state index < -0.39 is 12.1 Å². The van der Waals surface area contributed by atoms with Gasteiger partial charge in [0.15, 0.2) is 5.78 Å². The number of ketones is 2. The molecule has 9 nitrogen and oxygen atoms in total. The van der Waals surface area contributed by atoms with Crippen molar-refractivity contribution in [3.63, 3.8) is 0 Å². The predicted octanol–water partition coefficient (Wildman–Crippen LogP) is 3.64. The maximum absolute atomic E-state index is 13.0. The summed E-state index contributed by atoms with van der Waals surface area (Å²) in [6, 6.07) is 7.75. The number of fused-ring (bicyclic) bond motifs is 1. The van der Waals surface area contributed by atoms with Crippen LogP contribution in [-0.2, 0) is 27.4 Å². The van der Waals surface area contributed by atoms with Crippen LogP contribution < -0.4 is 15.4 Å². The minimum atomic E-state index is -0.556. The number of urea groups is 1. The number of carbonyl (C=O) groups is 4. The largest absolute Gasteiger partial charge is 0.491 e. The first-order chi connectivity index (χ1) is 17.3. The van der Waals surface area contributed by atoms with Crippen LogP contribution in [-0.4, -0.2) is 54.8 Å². The first kappa shape index (κ1) is 25.7. The maximum atomic E-state index is 13.0. The smallest absolute Gasteiger partial charge is 0.319 e. The number of amides is 3. The molecule has 0 aromatic heterocycles. The van der Waals surface area contributed by atoms with Gasteiger partial charge < -0.3 is 25.0 Å². The molecule has 1 heterocycles. The van der Waals surface area contributed by atoms with Crippen molar-refractivity contribution in [2.75, 3.05) is 25.6 Å². The van der Waals surface area contributed by atoms with Gasteiger partial charge in [-0.15, -0.1) is 0 Å². The second-order valence-electron chi connectivity index (χ2n) is 8.89. The van der Waals surface area contributed by atoms with Gasteiger partial charge in [0.25, 0.3) is 5.91 Å². The van der Waals surface area contributed by atoms with Crippen LogP contribution in [0, 0.1) is 6.92 Å². The van der Waals surface area contributed by atoms with E-state index in [0.717, 1.165) is 16.7 Å². The fourth-order valence-corrected chi connectivity index (χ4v) is 4.60. The molecule has 0 spiro atoms. The van der Waals surface area contributed by atoms with Gasteiger partial charge in [0.1, 0.15) is 18.1 Å². The molecule has 10 heteroatoms. The third-order valence-electron chi connectivity index (χ3n) is 6.37. The van der Waals surface area contributed by atoms with Crippen molar-refractivity contribution < 1.29 is 28.7 Å². The molecule has 4 rings (SSSR count). The zero-order valence-corrected chi connectivity index (χ0v) is 20.9. The minimum Gasteiger partial charge on any atom is -0.491 e. The molecule has 0 bridgehead atoms. The lowest BCUT2D eigenvalue weighted by Crippen LogP contribution is -2.44. The lowest BCUT2D eigenvalue weighted by molar-refractivity contribution is -0.133. The zero-order valence-electron chi connectivity index (χ0n) is 20.2. The van der Waals surface area contributed by atoms with Gasteiger partial charge in [-0.05, 0) is 36.6 Å². The SMILES string of the molecule is COCCOc1cc(NC(=O)NCc2ccc3c(c2)C(=O)N(C2CCC(=O)CC2=O)C3)cc(Cl)c1C. The van der Waals surface area contributed by atoms with Gasteiger partial charge in [-0.2, -0.15) is 0 Å². The Labute approximate surface area is 214 Å². The van der Waals surface area contributed by atoms with E-state index in [1.54, 1.807) is 30.2 Å². The second kappa shape index (κ2) is 11.1. The Kier molecular flexibility index (Phi) is 7.91. The first-order valence-electron chi connectivity index (χ1n) is 11.7. The van der Waals surface area contributed by atoms with Gasteiger partial charge in [-0.25, -0.2) is 4.79 Å². The van der Waals surface area contributed by atoms with Gasteiger partial charge in [0, 0.05) is 54.5 Å². The van der Waals surface area contributed by atoms with Crippen molar-refractivity contribution in [1.82, 2.24) is 10.2 Å². The topological polar surface area (TPSA) is 114 Å². The van der Waals surface area contributed by atoms with E-state index in [1.165, 1.54) is 0 Å². The Morgan fingerprint density at radius 1 is 1.17 bits per heavy atom. The van der Waals surface area contributed by atoms with Crippen LogP contribution in [0.1, 0.15) is 46.3 Å². The molecule has 0 radical (unpaired) electrons. The molecule has 1 atom stereocenters. The van der Waals surface area contributed by atoms with Crippen LogP contribution in [0.2, 0.25) is 5.02 Å². The fraction of sp³-hybridized carbons (Fsp3) is 0.385. The van der Waals surface area contributed by atoms with Crippen molar-refractivity contribution in [3.05, 3.63) is 57.6 Å². The van der Waals surface area contributed by atoms with Crippen molar-refractivity contribution in [2.45, 2.75) is 45.3 Å². The maximum Gasteiger partial charge on any atom is 0.319 e. The number of benzene rings is 2. The number of carbonyl (C=O) groups excluding carboxylic acids is 4. The van der Waals surface area contributed by atoms with E-state index in [9.17, 15) is 19.2 Å². The van der Waals surface area contributed by atoms with Crippen molar-refractivity contribution in [2.24, 2.45) is 0 Å². The molecule has 2 aliphatic rings. The third-order valence-corrected chi connectivity index (χ3v) is 6.77. The van der Waals surface area contributed by atoms with E-state index >= 15 is 0 Å². The van der Waals surface area contributed by atoms with Crippen molar-refractivity contribution >= 4 is 40.8 Å². The Morgan fingerprint density at radius 3 is 2.72 bits per heavy atom. The fourth-order valence-electron chi connectivity index (χ4n) is 4.39. The highest BCUT2D eigenvalue weighted by Gasteiger charge is 2.38. The minimum absolute atomic E-state index is 0.0743. The number of ether oxygens (including phenoxy) is 2. The second-order valence-corrected chi connectivity index (χ2v) is 9.30. The van der Waals surface area contributed by atoms with Crippen LogP contribution in [0.5, 0.6) is 5.75 Å². The summed E-state index contributed by atoms with van der Waals surface area (Å²) >= 11 is 6.28. The summed E-state index contributed by atoms with van der Waals surface area (Å²) in [6.07, 6.45) is 0.573. The number of nitrogens with one attached hydrogen (secondary N) is 2. The van der Waals surface area contributed by atoms with Crippen LogP contribution >= 0.6 is 11.6 Å². The molecule has 3 amide bonds. The highest BCUT2D eigenvalue weighted by molar-refractivity contribution is 6.32. The van der Waals surface area contributed by atoms with E-state index in [2.05, 4.69) is 10.6 Å². The molecule has 1 aliphatic heterocycles. The molecule has 36 heavy (non-hydrogen) atoms. The number of Topliss-reactive ketones (excluding diaryl/α,β-unsaturated/α-hetero) is 2. The van der Waals surface area contributed by atoms with Gasteiger partial charge in [0.2, 0.25) is 0 Å². The predicted molar refractivity (Wildman–Crippen MR) is 133 cm³/mol. The number of hydrogen-bond acceptors (Lipinski definition) is 6. The molecule has 190 valence electrons. The third kappa shape index (κ3) is 5.68. The number of halogens is 1. The molecule has 1 aliphatic carbocycles. The Bertz CT molecular complexity index is 1210. The highest BCUT2D eigenvalue weighted by Crippen LogP contribution is 2.31. The quantitative estimate of drug-likeness (QED) is 0.411. The molecule has 0 saturated heterocycles. The molecule has 1 unspecified atom stereocenters. The number of anilines is 1. The summed E-state index contributed by atoms with van der Waals surface area (Å²) in [7, 11) is 1.58. The van der Waals surface area contributed by atoms with Gasteiger partial charge in [-0.1, -0.05) is 23.7 Å². The van der Waals surface area contributed by atoms with E-state index in [0.29, 0.717) is 54.6 Å². The lowest BCUT2D eigenvalue weighted by Gasteiger charge is -2.29. The van der Waals surface area contributed by atoms with E-state index in [1.807, 2.05) is 19.1 Å². The molecule has 2 aromatic carbocycles. The molecule has 1 fully saturated rings. The monoisotopic (exact) mass is 513 g/mol. The van der Waals surface area contributed by atoms with Crippen LogP contribution in [0.4, 0.5) is 10.5 Å². The lowest BCUT2D eigenvalue weighted by atomic mass is 9.92. The Balaban J connectivity index is 1.36. The van der Waals surface area contributed by atoms with Gasteiger partial charge in [0.05, 0.1) is 19.1 Å². The van der Waals surface area contributed by atoms with Crippen LogP contribution in [0.3, 0.4) is 0 Å². The molecule has 2 aromatic rings. The van der Waals surface area contributed by atoms with Gasteiger partial charge in [-0.3, -0.25) is 14.4 Å². The first-order valence-corrected chi connectivity index (χ1v) is 12.1. The summed E-state index contributed by atoms with van der Waals surface area (Å²) in [5.41, 5.74) is 3.33. The number of nitrogens with zero attached hydrogens (tertiary/aromatic N) is 1. The summed E-state index contributed by atoms with van der Waals surface area (Å²) in [5.74, 6) is 0.0564. The number of rotatable bonds is 8. The van der Waals surface area contributed by atoms with Crippen LogP contribution in [0.15, 0.2) is 30.3 Å². The standard InChI is InChI=1S/C26H28ClN3O6/c1-15-21(27)10-18(11-24(15)36-8-7-35-2)29-26(34)28-13-16-3-4-17-14-30(25(33)20(17)9-16)22-6-5-19(31)12-23(22)32/h3-4,9-11,22H,5-8,12-14H2,1-2H3,(H2,28,29,34). The Hall–Kier alpha value is -3.43.